The minimum Gasteiger partial charge on any atom is -0.487 e. The first kappa shape index (κ1) is 17.4. The van der Waals surface area contributed by atoms with Crippen molar-refractivity contribution in [1.29, 1.82) is 0 Å². The molecule has 2 amide bonds. The van der Waals surface area contributed by atoms with Crippen molar-refractivity contribution in [1.82, 2.24) is 4.98 Å². The van der Waals surface area contributed by atoms with Gasteiger partial charge in [-0.25, -0.2) is 4.79 Å². The molecule has 136 valence electrons. The number of carbonyl (C=O) groups excluding carboxylic acids is 1. The van der Waals surface area contributed by atoms with Crippen molar-refractivity contribution >= 4 is 29.0 Å². The van der Waals surface area contributed by atoms with Gasteiger partial charge in [0.25, 0.3) is 0 Å². The number of benzene rings is 2. The Morgan fingerprint density at radius 1 is 1.19 bits per heavy atom. The highest BCUT2D eigenvalue weighted by Crippen LogP contribution is 2.32. The molecule has 1 aromatic heterocycles. The van der Waals surface area contributed by atoms with Crippen LogP contribution in [0.3, 0.4) is 0 Å². The zero-order chi connectivity index (χ0) is 18.8. The Bertz CT molecular complexity index is 1010. The molecule has 3 aromatic rings. The van der Waals surface area contributed by atoms with Crippen LogP contribution >= 0.6 is 11.6 Å². The topological polar surface area (TPSA) is 54.5 Å². The van der Waals surface area contributed by atoms with E-state index in [0.29, 0.717) is 23.0 Å². The molecule has 4 rings (SSSR count). The number of anilines is 2. The van der Waals surface area contributed by atoms with E-state index in [2.05, 4.69) is 10.3 Å². The predicted molar refractivity (Wildman–Crippen MR) is 106 cm³/mol. The number of ether oxygens (including phenoxy) is 1. The predicted octanol–water partition coefficient (Wildman–Crippen LogP) is 5.17. The zero-order valence-electron chi connectivity index (χ0n) is 14.8. The number of urea groups is 1. The number of halogens is 1. The summed E-state index contributed by atoms with van der Waals surface area (Å²) in [5.74, 6) is 0.656. The maximum absolute atomic E-state index is 12.6. The van der Waals surface area contributed by atoms with Crippen LogP contribution in [0.2, 0.25) is 5.02 Å². The second-order valence-corrected chi connectivity index (χ2v) is 6.75. The SMILES string of the molecule is Cc1ccc(OCc2ncccc2Cl)cc1N1Cc2ccccc2NC1=O. The molecule has 2 aromatic carbocycles. The van der Waals surface area contributed by atoms with Crippen LogP contribution in [0.25, 0.3) is 0 Å². The summed E-state index contributed by atoms with van der Waals surface area (Å²) in [4.78, 5) is 18.5. The fraction of sp³-hybridized carbons (Fsp3) is 0.143. The van der Waals surface area contributed by atoms with Crippen molar-refractivity contribution in [3.8, 4) is 5.75 Å². The van der Waals surface area contributed by atoms with Crippen LogP contribution in [0.15, 0.2) is 60.8 Å². The van der Waals surface area contributed by atoms with Crippen LogP contribution in [-0.4, -0.2) is 11.0 Å². The Morgan fingerprint density at radius 3 is 2.89 bits per heavy atom. The highest BCUT2D eigenvalue weighted by molar-refractivity contribution is 6.31. The van der Waals surface area contributed by atoms with E-state index in [-0.39, 0.29) is 12.6 Å². The molecule has 0 spiro atoms. The van der Waals surface area contributed by atoms with Gasteiger partial charge in [0.05, 0.1) is 22.9 Å². The van der Waals surface area contributed by atoms with Crippen molar-refractivity contribution in [2.45, 2.75) is 20.1 Å². The molecule has 27 heavy (non-hydrogen) atoms. The second-order valence-electron chi connectivity index (χ2n) is 6.34. The standard InChI is InChI=1S/C21H18ClN3O2/c1-14-8-9-16(27-13-19-17(22)6-4-10-23-19)11-20(14)25-12-15-5-2-3-7-18(15)24-21(25)26/h2-11H,12-13H2,1H3,(H,24,26). The highest BCUT2D eigenvalue weighted by Gasteiger charge is 2.25. The molecular weight excluding hydrogens is 362 g/mol. The molecule has 0 saturated carbocycles. The maximum atomic E-state index is 12.6. The lowest BCUT2D eigenvalue weighted by Gasteiger charge is -2.30. The van der Waals surface area contributed by atoms with E-state index in [1.54, 1.807) is 23.2 Å². The molecule has 0 radical (unpaired) electrons. The van der Waals surface area contributed by atoms with Gasteiger partial charge < -0.3 is 10.1 Å². The van der Waals surface area contributed by atoms with E-state index in [0.717, 1.165) is 22.5 Å². The number of rotatable bonds is 4. The average molecular weight is 380 g/mol. The number of hydrogen-bond acceptors (Lipinski definition) is 3. The van der Waals surface area contributed by atoms with Gasteiger partial charge in [-0.05, 0) is 42.3 Å². The first-order valence-electron chi connectivity index (χ1n) is 8.61. The Hall–Kier alpha value is -3.05. The average Bonchev–Trinajstić information content (AvgIpc) is 2.68. The third kappa shape index (κ3) is 3.59. The van der Waals surface area contributed by atoms with E-state index in [9.17, 15) is 4.79 Å². The third-order valence-corrected chi connectivity index (χ3v) is 4.86. The van der Waals surface area contributed by atoms with E-state index < -0.39 is 0 Å². The normalized spacial score (nSPS) is 13.1. The van der Waals surface area contributed by atoms with E-state index in [1.165, 1.54) is 0 Å². The van der Waals surface area contributed by atoms with Crippen molar-refractivity contribution in [3.05, 3.63) is 82.6 Å². The molecule has 0 unspecified atom stereocenters. The summed E-state index contributed by atoms with van der Waals surface area (Å²) < 4.78 is 5.86. The monoisotopic (exact) mass is 379 g/mol. The molecule has 0 bridgehead atoms. The Morgan fingerprint density at radius 2 is 2.04 bits per heavy atom. The molecule has 6 heteroatoms. The summed E-state index contributed by atoms with van der Waals surface area (Å²) in [6.45, 7) is 2.75. The van der Waals surface area contributed by atoms with E-state index in [1.807, 2.05) is 49.4 Å². The smallest absolute Gasteiger partial charge is 0.326 e. The van der Waals surface area contributed by atoms with Gasteiger partial charge in [0.1, 0.15) is 12.4 Å². The van der Waals surface area contributed by atoms with Gasteiger partial charge in [0, 0.05) is 18.0 Å². The van der Waals surface area contributed by atoms with Gasteiger partial charge in [-0.3, -0.25) is 9.88 Å². The lowest BCUT2D eigenvalue weighted by Crippen LogP contribution is -2.39. The van der Waals surface area contributed by atoms with Gasteiger partial charge in [0.15, 0.2) is 0 Å². The minimum atomic E-state index is -0.151. The number of para-hydroxylation sites is 1. The molecule has 0 atom stereocenters. The maximum Gasteiger partial charge on any atom is 0.326 e. The molecule has 2 heterocycles. The summed E-state index contributed by atoms with van der Waals surface area (Å²) in [6.07, 6.45) is 1.68. The summed E-state index contributed by atoms with van der Waals surface area (Å²) in [5.41, 5.74) is 4.40. The van der Waals surface area contributed by atoms with Crippen molar-refractivity contribution in [3.63, 3.8) is 0 Å². The van der Waals surface area contributed by atoms with Gasteiger partial charge in [-0.2, -0.15) is 0 Å². The third-order valence-electron chi connectivity index (χ3n) is 4.51. The van der Waals surface area contributed by atoms with Gasteiger partial charge in [-0.1, -0.05) is 35.9 Å². The largest absolute Gasteiger partial charge is 0.487 e. The van der Waals surface area contributed by atoms with Gasteiger partial charge in [-0.15, -0.1) is 0 Å². The van der Waals surface area contributed by atoms with Crippen LogP contribution < -0.4 is 15.0 Å². The Balaban J connectivity index is 1.58. The number of nitrogens with one attached hydrogen (secondary N) is 1. The van der Waals surface area contributed by atoms with E-state index in [4.69, 9.17) is 16.3 Å². The van der Waals surface area contributed by atoms with Crippen LogP contribution in [0, 0.1) is 6.92 Å². The Kier molecular flexibility index (Phi) is 4.69. The molecule has 1 N–H and O–H groups in total. The quantitative estimate of drug-likeness (QED) is 0.680. The zero-order valence-corrected chi connectivity index (χ0v) is 15.5. The molecule has 0 fully saturated rings. The Labute approximate surface area is 162 Å². The van der Waals surface area contributed by atoms with Crippen LogP contribution in [-0.2, 0) is 13.2 Å². The molecular formula is C21H18ClN3O2. The fourth-order valence-electron chi connectivity index (χ4n) is 3.05. The molecule has 0 saturated heterocycles. The summed E-state index contributed by atoms with van der Waals surface area (Å²) in [7, 11) is 0. The lowest BCUT2D eigenvalue weighted by atomic mass is 10.1. The second kappa shape index (κ2) is 7.29. The van der Waals surface area contributed by atoms with Crippen LogP contribution in [0.5, 0.6) is 5.75 Å². The van der Waals surface area contributed by atoms with Crippen LogP contribution in [0.4, 0.5) is 16.2 Å². The first-order valence-corrected chi connectivity index (χ1v) is 8.99. The highest BCUT2D eigenvalue weighted by atomic mass is 35.5. The number of fused-ring (bicyclic) bond motifs is 1. The number of hydrogen-bond donors (Lipinski definition) is 1. The number of amides is 2. The number of aromatic nitrogens is 1. The number of aryl methyl sites for hydroxylation is 1. The van der Waals surface area contributed by atoms with Crippen molar-refractivity contribution in [2.75, 3.05) is 10.2 Å². The van der Waals surface area contributed by atoms with Gasteiger partial charge >= 0.3 is 6.03 Å². The molecule has 1 aliphatic heterocycles. The summed E-state index contributed by atoms with van der Waals surface area (Å²) in [5, 5.41) is 3.51. The van der Waals surface area contributed by atoms with E-state index >= 15 is 0 Å². The molecule has 0 aliphatic carbocycles. The van der Waals surface area contributed by atoms with Crippen molar-refractivity contribution in [2.24, 2.45) is 0 Å². The number of nitrogens with zero attached hydrogens (tertiary/aromatic N) is 2. The number of pyridine rings is 1. The molecule has 5 nitrogen and oxygen atoms in total. The lowest BCUT2D eigenvalue weighted by molar-refractivity contribution is 0.256. The first-order chi connectivity index (χ1) is 13.1. The van der Waals surface area contributed by atoms with Gasteiger partial charge in [0.2, 0.25) is 0 Å². The fourth-order valence-corrected chi connectivity index (χ4v) is 3.22. The summed E-state index contributed by atoms with van der Waals surface area (Å²) in [6, 6.07) is 16.9. The summed E-state index contributed by atoms with van der Waals surface area (Å²) >= 11 is 6.13. The molecule has 1 aliphatic rings. The van der Waals surface area contributed by atoms with Crippen molar-refractivity contribution < 1.29 is 9.53 Å². The number of carbonyl (C=O) groups is 1. The van der Waals surface area contributed by atoms with Crippen LogP contribution in [0.1, 0.15) is 16.8 Å². The minimum absolute atomic E-state index is 0.151.